The number of carbonyl (C=O) groups excluding carboxylic acids is 1. The van der Waals surface area contributed by atoms with Crippen molar-refractivity contribution in [3.05, 3.63) is 0 Å². The number of amides is 1. The smallest absolute Gasteiger partial charge is 0.303 e. The molecule has 1 amide bonds. The van der Waals surface area contributed by atoms with E-state index in [2.05, 4.69) is 10.6 Å². The van der Waals surface area contributed by atoms with Crippen molar-refractivity contribution in [3.8, 4) is 0 Å². The maximum absolute atomic E-state index is 12.2. The van der Waals surface area contributed by atoms with Gasteiger partial charge in [-0.2, -0.15) is 0 Å². The number of fused-ring (bicyclic) bond motifs is 1. The molecule has 0 radical (unpaired) electrons. The van der Waals surface area contributed by atoms with Crippen molar-refractivity contribution in [3.63, 3.8) is 0 Å². The average Bonchev–Trinajstić information content (AvgIpc) is 2.98. The van der Waals surface area contributed by atoms with Crippen LogP contribution in [0, 0.1) is 17.8 Å². The van der Waals surface area contributed by atoms with Crippen LogP contribution in [0.5, 0.6) is 0 Å². The van der Waals surface area contributed by atoms with E-state index in [1.807, 2.05) is 6.92 Å². The summed E-state index contributed by atoms with van der Waals surface area (Å²) >= 11 is 0. The minimum Gasteiger partial charge on any atom is -0.481 e. The van der Waals surface area contributed by atoms with Gasteiger partial charge in [-0.1, -0.05) is 13.3 Å². The Bertz CT molecular complexity index is 359. The van der Waals surface area contributed by atoms with Crippen LogP contribution < -0.4 is 10.6 Å². The molecule has 0 spiro atoms. The summed E-state index contributed by atoms with van der Waals surface area (Å²) in [6.45, 7) is 3.67. The van der Waals surface area contributed by atoms with E-state index >= 15 is 0 Å². The van der Waals surface area contributed by atoms with Crippen molar-refractivity contribution < 1.29 is 14.7 Å². The number of nitrogens with one attached hydrogen (secondary N) is 2. The predicted molar refractivity (Wildman–Crippen MR) is 76.3 cm³/mol. The molecule has 20 heavy (non-hydrogen) atoms. The Hall–Kier alpha value is -1.10. The Morgan fingerprint density at radius 2 is 2.15 bits per heavy atom. The monoisotopic (exact) mass is 282 g/mol. The first-order chi connectivity index (χ1) is 9.58. The number of carboxylic acid groups (broad SMARTS) is 1. The lowest BCUT2D eigenvalue weighted by atomic mass is 9.93. The molecular formula is C15H26N2O3. The third-order valence-corrected chi connectivity index (χ3v) is 4.82. The Kier molecular flexibility index (Phi) is 5.40. The molecule has 2 rings (SSSR count). The second kappa shape index (κ2) is 7.07. The summed E-state index contributed by atoms with van der Waals surface area (Å²) in [6, 6.07) is -0.00294. The number of carbonyl (C=O) groups is 2. The highest BCUT2D eigenvalue weighted by atomic mass is 16.4. The van der Waals surface area contributed by atoms with Crippen molar-refractivity contribution in [1.29, 1.82) is 0 Å². The molecule has 3 N–H and O–H groups in total. The van der Waals surface area contributed by atoms with Crippen molar-refractivity contribution in [2.45, 2.75) is 51.5 Å². The summed E-state index contributed by atoms with van der Waals surface area (Å²) in [6.07, 6.45) is 5.42. The number of carboxylic acids is 1. The van der Waals surface area contributed by atoms with Gasteiger partial charge in [0.15, 0.2) is 0 Å². The second-order valence-electron chi connectivity index (χ2n) is 6.36. The molecule has 5 heteroatoms. The van der Waals surface area contributed by atoms with Gasteiger partial charge in [0.05, 0.1) is 6.04 Å². The first-order valence-electron chi connectivity index (χ1n) is 7.81. The zero-order valence-corrected chi connectivity index (χ0v) is 12.2. The van der Waals surface area contributed by atoms with Crippen LogP contribution in [-0.2, 0) is 9.59 Å². The van der Waals surface area contributed by atoms with Gasteiger partial charge in [-0.3, -0.25) is 9.59 Å². The van der Waals surface area contributed by atoms with E-state index in [1.54, 1.807) is 0 Å². The van der Waals surface area contributed by atoms with Crippen LogP contribution in [0.25, 0.3) is 0 Å². The maximum atomic E-state index is 12.2. The summed E-state index contributed by atoms with van der Waals surface area (Å²) in [4.78, 5) is 22.7. The normalized spacial score (nSPS) is 29.9. The summed E-state index contributed by atoms with van der Waals surface area (Å²) in [5, 5.41) is 15.0. The van der Waals surface area contributed by atoms with Crippen LogP contribution in [0.1, 0.15) is 45.4 Å². The van der Waals surface area contributed by atoms with Crippen LogP contribution in [0.15, 0.2) is 0 Å². The zero-order valence-electron chi connectivity index (χ0n) is 12.2. The number of hydrogen-bond acceptors (Lipinski definition) is 3. The van der Waals surface area contributed by atoms with Gasteiger partial charge in [0.25, 0.3) is 0 Å². The molecule has 0 aromatic heterocycles. The van der Waals surface area contributed by atoms with Crippen LogP contribution >= 0.6 is 0 Å². The quantitative estimate of drug-likeness (QED) is 0.659. The summed E-state index contributed by atoms with van der Waals surface area (Å²) in [5.41, 5.74) is 0. The minimum absolute atomic E-state index is 0.00294. The molecule has 4 atom stereocenters. The molecule has 1 saturated heterocycles. The number of hydrogen-bond donors (Lipinski definition) is 3. The molecule has 0 aromatic carbocycles. The Balaban J connectivity index is 1.64. The van der Waals surface area contributed by atoms with Gasteiger partial charge >= 0.3 is 5.97 Å². The third-order valence-electron chi connectivity index (χ3n) is 4.82. The first-order valence-corrected chi connectivity index (χ1v) is 7.81. The fraction of sp³-hybridized carbons (Fsp3) is 0.867. The van der Waals surface area contributed by atoms with Crippen LogP contribution in [0.3, 0.4) is 0 Å². The van der Waals surface area contributed by atoms with Gasteiger partial charge in [-0.05, 0) is 50.0 Å². The average molecular weight is 282 g/mol. The lowest BCUT2D eigenvalue weighted by Crippen LogP contribution is -2.44. The van der Waals surface area contributed by atoms with E-state index in [-0.39, 0.29) is 18.4 Å². The van der Waals surface area contributed by atoms with Gasteiger partial charge in [-0.25, -0.2) is 0 Å². The van der Waals surface area contributed by atoms with E-state index in [9.17, 15) is 9.59 Å². The Morgan fingerprint density at radius 3 is 2.90 bits per heavy atom. The van der Waals surface area contributed by atoms with Gasteiger partial charge in [0.1, 0.15) is 0 Å². The number of rotatable bonds is 7. The van der Waals surface area contributed by atoms with Gasteiger partial charge < -0.3 is 15.7 Å². The van der Waals surface area contributed by atoms with Gasteiger partial charge in [0.2, 0.25) is 5.91 Å². The molecule has 2 aliphatic rings. The van der Waals surface area contributed by atoms with E-state index in [0.29, 0.717) is 30.7 Å². The van der Waals surface area contributed by atoms with Crippen LogP contribution in [0.4, 0.5) is 0 Å². The van der Waals surface area contributed by atoms with Crippen molar-refractivity contribution in [1.82, 2.24) is 10.6 Å². The fourth-order valence-corrected chi connectivity index (χ4v) is 3.54. The minimum atomic E-state index is -0.747. The van der Waals surface area contributed by atoms with Crippen molar-refractivity contribution >= 4 is 11.9 Å². The molecule has 4 unspecified atom stereocenters. The number of aliphatic carboxylic acids is 1. The van der Waals surface area contributed by atoms with E-state index in [0.717, 1.165) is 13.0 Å². The summed E-state index contributed by atoms with van der Waals surface area (Å²) < 4.78 is 0. The van der Waals surface area contributed by atoms with Crippen LogP contribution in [-0.4, -0.2) is 36.1 Å². The molecule has 0 bridgehead atoms. The predicted octanol–water partition coefficient (Wildman–Crippen LogP) is 1.38. The molecule has 114 valence electrons. The van der Waals surface area contributed by atoms with E-state index < -0.39 is 5.97 Å². The molecule has 2 fully saturated rings. The van der Waals surface area contributed by atoms with Gasteiger partial charge in [-0.15, -0.1) is 0 Å². The second-order valence-corrected chi connectivity index (χ2v) is 6.36. The molecule has 1 aliphatic heterocycles. The standard InChI is InChI=1S/C15H26N2O3/c1-10(5-6-13(18)19)7-8-16-15(20)14-12-4-2-3-11(12)9-17-14/h10-12,14,17H,2-9H2,1H3,(H,16,20)(H,18,19). The maximum Gasteiger partial charge on any atom is 0.303 e. The van der Waals surface area contributed by atoms with Crippen LogP contribution in [0.2, 0.25) is 0 Å². The lowest BCUT2D eigenvalue weighted by Gasteiger charge is -2.18. The topological polar surface area (TPSA) is 78.4 Å². The molecular weight excluding hydrogens is 256 g/mol. The largest absolute Gasteiger partial charge is 0.481 e. The summed E-state index contributed by atoms with van der Waals surface area (Å²) in [5.74, 6) is 0.940. The van der Waals surface area contributed by atoms with Crippen molar-refractivity contribution in [2.75, 3.05) is 13.1 Å². The SMILES string of the molecule is CC(CCNC(=O)C1NCC2CCCC21)CCC(=O)O. The van der Waals surface area contributed by atoms with E-state index in [4.69, 9.17) is 5.11 Å². The Labute approximate surface area is 120 Å². The summed E-state index contributed by atoms with van der Waals surface area (Å²) in [7, 11) is 0. The molecule has 1 aliphatic carbocycles. The molecule has 5 nitrogen and oxygen atoms in total. The highest BCUT2D eigenvalue weighted by Crippen LogP contribution is 2.37. The molecule has 0 aromatic rings. The Morgan fingerprint density at radius 1 is 1.35 bits per heavy atom. The first kappa shape index (κ1) is 15.3. The lowest BCUT2D eigenvalue weighted by molar-refractivity contribution is -0.137. The zero-order chi connectivity index (χ0) is 14.5. The third kappa shape index (κ3) is 3.95. The molecule has 1 saturated carbocycles. The van der Waals surface area contributed by atoms with Gasteiger partial charge in [0, 0.05) is 13.0 Å². The highest BCUT2D eigenvalue weighted by molar-refractivity contribution is 5.82. The van der Waals surface area contributed by atoms with E-state index in [1.165, 1.54) is 19.3 Å². The van der Waals surface area contributed by atoms with Crippen molar-refractivity contribution in [2.24, 2.45) is 17.8 Å². The highest BCUT2D eigenvalue weighted by Gasteiger charge is 2.42. The fourth-order valence-electron chi connectivity index (χ4n) is 3.54. The molecule has 1 heterocycles.